The van der Waals surface area contributed by atoms with Crippen molar-refractivity contribution in [3.63, 3.8) is 0 Å². The molecule has 1 rings (SSSR count). The summed E-state index contributed by atoms with van der Waals surface area (Å²) < 4.78 is 0. The highest BCUT2D eigenvalue weighted by Crippen LogP contribution is 2.20. The zero-order valence-corrected chi connectivity index (χ0v) is 11.6. The van der Waals surface area contributed by atoms with E-state index in [2.05, 4.69) is 17.6 Å². The number of carboxylic acid groups (broad SMARTS) is 1. The molecule has 0 spiro atoms. The molecule has 0 aromatic heterocycles. The second kappa shape index (κ2) is 6.99. The lowest BCUT2D eigenvalue weighted by Gasteiger charge is -2.11. The molecule has 1 atom stereocenters. The Morgan fingerprint density at radius 2 is 2.11 bits per heavy atom. The minimum absolute atomic E-state index is 0.00669. The summed E-state index contributed by atoms with van der Waals surface area (Å²) in [5.74, 6) is -0.693. The van der Waals surface area contributed by atoms with Crippen LogP contribution in [0.2, 0.25) is 5.02 Å². The molecule has 0 saturated carbocycles. The second-order valence-electron chi connectivity index (χ2n) is 4.35. The first-order valence-electron chi connectivity index (χ1n) is 6.01. The third-order valence-electron chi connectivity index (χ3n) is 2.77. The van der Waals surface area contributed by atoms with Gasteiger partial charge in [-0.15, -0.1) is 0 Å². The van der Waals surface area contributed by atoms with E-state index in [4.69, 9.17) is 16.7 Å². The number of carbonyl (C=O) groups excluding carboxylic acids is 1. The van der Waals surface area contributed by atoms with Crippen molar-refractivity contribution in [3.05, 3.63) is 28.8 Å². The summed E-state index contributed by atoms with van der Waals surface area (Å²) in [6.07, 6.45) is 0.986. The quantitative estimate of drug-likeness (QED) is 0.777. The molecule has 0 bridgehead atoms. The number of benzene rings is 1. The van der Waals surface area contributed by atoms with E-state index in [1.807, 2.05) is 6.92 Å². The number of halogens is 1. The number of hydrogen-bond acceptors (Lipinski definition) is 2. The molecule has 6 heteroatoms. The molecule has 0 saturated heterocycles. The minimum atomic E-state index is -1.10. The molecule has 0 aliphatic carbocycles. The summed E-state index contributed by atoms with van der Waals surface area (Å²) in [6, 6.07) is 3.93. The van der Waals surface area contributed by atoms with Crippen LogP contribution in [0.25, 0.3) is 0 Å². The largest absolute Gasteiger partial charge is 0.478 e. The minimum Gasteiger partial charge on any atom is -0.478 e. The van der Waals surface area contributed by atoms with E-state index in [1.54, 1.807) is 0 Å². The highest BCUT2D eigenvalue weighted by atomic mass is 35.5. The predicted molar refractivity (Wildman–Crippen MR) is 74.9 cm³/mol. The number of nitrogens with one attached hydrogen (secondary N) is 2. The van der Waals surface area contributed by atoms with Crippen LogP contribution in [0.3, 0.4) is 0 Å². The van der Waals surface area contributed by atoms with E-state index in [9.17, 15) is 9.59 Å². The predicted octanol–water partition coefficient (Wildman–Crippen LogP) is 3.21. The summed E-state index contributed by atoms with van der Waals surface area (Å²) in [5, 5.41) is 14.2. The van der Waals surface area contributed by atoms with Gasteiger partial charge in [-0.2, -0.15) is 0 Å². The van der Waals surface area contributed by atoms with Gasteiger partial charge in [0.25, 0.3) is 0 Å². The van der Waals surface area contributed by atoms with Crippen molar-refractivity contribution < 1.29 is 14.7 Å². The van der Waals surface area contributed by atoms with Gasteiger partial charge in [0.05, 0.1) is 10.6 Å². The van der Waals surface area contributed by atoms with Crippen molar-refractivity contribution >= 4 is 29.3 Å². The van der Waals surface area contributed by atoms with Crippen LogP contribution >= 0.6 is 11.6 Å². The number of anilines is 1. The number of urea groups is 1. The van der Waals surface area contributed by atoms with Gasteiger partial charge in [-0.05, 0) is 24.1 Å². The highest BCUT2D eigenvalue weighted by Gasteiger charge is 2.10. The monoisotopic (exact) mass is 284 g/mol. The molecule has 0 heterocycles. The first-order chi connectivity index (χ1) is 8.93. The van der Waals surface area contributed by atoms with Gasteiger partial charge >= 0.3 is 12.0 Å². The Hall–Kier alpha value is -1.75. The number of hydrogen-bond donors (Lipinski definition) is 3. The van der Waals surface area contributed by atoms with Crippen molar-refractivity contribution in [1.29, 1.82) is 0 Å². The van der Waals surface area contributed by atoms with Gasteiger partial charge in [-0.1, -0.05) is 31.9 Å². The fraction of sp³-hybridized carbons (Fsp3) is 0.385. The Morgan fingerprint density at radius 3 is 2.63 bits per heavy atom. The van der Waals surface area contributed by atoms with Crippen molar-refractivity contribution in [2.45, 2.75) is 20.3 Å². The molecule has 104 valence electrons. The van der Waals surface area contributed by atoms with Crippen molar-refractivity contribution in [1.82, 2.24) is 5.32 Å². The molecule has 1 unspecified atom stereocenters. The van der Waals surface area contributed by atoms with E-state index in [-0.39, 0.29) is 16.6 Å². The lowest BCUT2D eigenvalue weighted by Crippen LogP contribution is -2.32. The highest BCUT2D eigenvalue weighted by molar-refractivity contribution is 6.33. The zero-order valence-electron chi connectivity index (χ0n) is 10.9. The maximum absolute atomic E-state index is 11.6. The molecule has 1 aromatic rings. The standard InChI is InChI=1S/C13H17ClN2O3/c1-3-8(2)7-15-13(19)16-9-4-5-10(12(17)18)11(14)6-9/h4-6,8H,3,7H2,1-2H3,(H,17,18)(H2,15,16,19). The first kappa shape index (κ1) is 15.3. The number of carboxylic acids is 1. The van der Waals surface area contributed by atoms with Gasteiger partial charge in [0.1, 0.15) is 0 Å². The summed E-state index contributed by atoms with van der Waals surface area (Å²) in [5.41, 5.74) is 0.462. The fourth-order valence-corrected chi connectivity index (χ4v) is 1.61. The smallest absolute Gasteiger partial charge is 0.337 e. The zero-order chi connectivity index (χ0) is 14.4. The maximum atomic E-state index is 11.6. The van der Waals surface area contributed by atoms with Gasteiger partial charge in [-0.25, -0.2) is 9.59 Å². The Labute approximate surface area is 117 Å². The van der Waals surface area contributed by atoms with Crippen molar-refractivity contribution in [3.8, 4) is 0 Å². The van der Waals surface area contributed by atoms with Crippen LogP contribution in [-0.4, -0.2) is 23.7 Å². The third-order valence-corrected chi connectivity index (χ3v) is 3.08. The fourth-order valence-electron chi connectivity index (χ4n) is 1.35. The molecule has 0 radical (unpaired) electrons. The molecule has 2 amide bonds. The SMILES string of the molecule is CCC(C)CNC(=O)Nc1ccc(C(=O)O)c(Cl)c1. The molecular formula is C13H17ClN2O3. The molecule has 0 fully saturated rings. The molecular weight excluding hydrogens is 268 g/mol. The average molecular weight is 285 g/mol. The Balaban J connectivity index is 2.60. The van der Waals surface area contributed by atoms with Gasteiger partial charge in [-0.3, -0.25) is 0 Å². The van der Waals surface area contributed by atoms with E-state index >= 15 is 0 Å². The molecule has 1 aromatic carbocycles. The molecule has 3 N–H and O–H groups in total. The number of rotatable bonds is 5. The van der Waals surface area contributed by atoms with Crippen LogP contribution in [0.5, 0.6) is 0 Å². The van der Waals surface area contributed by atoms with E-state index < -0.39 is 5.97 Å². The summed E-state index contributed by atoms with van der Waals surface area (Å²) in [6.45, 7) is 4.68. The maximum Gasteiger partial charge on any atom is 0.337 e. The summed E-state index contributed by atoms with van der Waals surface area (Å²) in [7, 11) is 0. The lowest BCUT2D eigenvalue weighted by molar-refractivity contribution is 0.0697. The first-order valence-corrected chi connectivity index (χ1v) is 6.39. The van der Waals surface area contributed by atoms with Crippen LogP contribution < -0.4 is 10.6 Å². The Kier molecular flexibility index (Phi) is 5.63. The molecule has 0 aliphatic rings. The van der Waals surface area contributed by atoms with Crippen LogP contribution in [-0.2, 0) is 0 Å². The van der Waals surface area contributed by atoms with Crippen LogP contribution in [0.4, 0.5) is 10.5 Å². The topological polar surface area (TPSA) is 78.4 Å². The van der Waals surface area contributed by atoms with Crippen molar-refractivity contribution in [2.75, 3.05) is 11.9 Å². The van der Waals surface area contributed by atoms with Gasteiger partial charge in [0.15, 0.2) is 0 Å². The van der Waals surface area contributed by atoms with Gasteiger partial charge in [0.2, 0.25) is 0 Å². The Bertz CT molecular complexity index is 477. The summed E-state index contributed by atoms with van der Waals surface area (Å²) >= 11 is 5.81. The number of aromatic carboxylic acids is 1. The average Bonchev–Trinajstić information content (AvgIpc) is 2.35. The van der Waals surface area contributed by atoms with Crippen LogP contribution in [0.1, 0.15) is 30.6 Å². The second-order valence-corrected chi connectivity index (χ2v) is 4.76. The van der Waals surface area contributed by atoms with Crippen molar-refractivity contribution in [2.24, 2.45) is 5.92 Å². The third kappa shape index (κ3) is 4.79. The number of carbonyl (C=O) groups is 2. The van der Waals surface area contributed by atoms with E-state index in [0.29, 0.717) is 18.2 Å². The van der Waals surface area contributed by atoms with Crippen LogP contribution in [0.15, 0.2) is 18.2 Å². The molecule has 0 aliphatic heterocycles. The molecule has 19 heavy (non-hydrogen) atoms. The van der Waals surface area contributed by atoms with E-state index in [1.165, 1.54) is 18.2 Å². The Morgan fingerprint density at radius 1 is 1.42 bits per heavy atom. The van der Waals surface area contributed by atoms with Gasteiger partial charge < -0.3 is 15.7 Å². The lowest BCUT2D eigenvalue weighted by atomic mass is 10.1. The number of amides is 2. The van der Waals surface area contributed by atoms with Crippen LogP contribution in [0, 0.1) is 5.92 Å². The summed E-state index contributed by atoms with van der Waals surface area (Å²) in [4.78, 5) is 22.4. The molecule has 5 nitrogen and oxygen atoms in total. The van der Waals surface area contributed by atoms with E-state index in [0.717, 1.165) is 6.42 Å². The van der Waals surface area contributed by atoms with Gasteiger partial charge in [0, 0.05) is 12.2 Å². The normalized spacial score (nSPS) is 11.7.